The Morgan fingerprint density at radius 2 is 1.94 bits per heavy atom. The summed E-state index contributed by atoms with van der Waals surface area (Å²) in [6.07, 6.45) is 2.69. The highest BCUT2D eigenvalue weighted by molar-refractivity contribution is 5.66. The van der Waals surface area contributed by atoms with Gasteiger partial charge >= 0.3 is 0 Å². The molecule has 3 nitrogen and oxygen atoms in total. The van der Waals surface area contributed by atoms with E-state index in [4.69, 9.17) is 5.73 Å². The lowest BCUT2D eigenvalue weighted by Gasteiger charge is -2.32. The second-order valence-corrected chi connectivity index (χ2v) is 5.50. The highest BCUT2D eigenvalue weighted by Crippen LogP contribution is 2.21. The van der Waals surface area contributed by atoms with Crippen LogP contribution in [0.25, 0.3) is 0 Å². The molecule has 1 aliphatic heterocycles. The number of hydrogen-bond acceptors (Lipinski definition) is 3. The second-order valence-electron chi connectivity index (χ2n) is 5.50. The van der Waals surface area contributed by atoms with Crippen LogP contribution in [0.15, 0.2) is 24.3 Å². The Kier molecular flexibility index (Phi) is 4.48. The van der Waals surface area contributed by atoms with Gasteiger partial charge in [0.05, 0.1) is 11.4 Å². The van der Waals surface area contributed by atoms with Gasteiger partial charge in [0.15, 0.2) is 0 Å². The van der Waals surface area contributed by atoms with Gasteiger partial charge in [0.1, 0.15) is 0 Å². The van der Waals surface area contributed by atoms with E-state index in [0.717, 1.165) is 30.4 Å². The SMILES string of the molecule is CC1CCN(CCN(C)c2ccccc2N)CC1. The van der Waals surface area contributed by atoms with Crippen molar-refractivity contribution in [2.24, 2.45) is 5.92 Å². The van der Waals surface area contributed by atoms with E-state index in [1.807, 2.05) is 18.2 Å². The molecule has 100 valence electrons. The van der Waals surface area contributed by atoms with Crippen LogP contribution in [0.5, 0.6) is 0 Å². The Bertz CT molecular complexity index is 370. The molecule has 0 radical (unpaired) electrons. The number of likely N-dealkylation sites (tertiary alicyclic amines) is 1. The molecule has 1 aromatic rings. The molecule has 0 unspecified atom stereocenters. The number of para-hydroxylation sites is 2. The Morgan fingerprint density at radius 3 is 2.61 bits per heavy atom. The third-order valence-electron chi connectivity index (χ3n) is 3.98. The molecular weight excluding hydrogens is 222 g/mol. The highest BCUT2D eigenvalue weighted by Gasteiger charge is 2.15. The zero-order chi connectivity index (χ0) is 13.0. The summed E-state index contributed by atoms with van der Waals surface area (Å²) in [5.74, 6) is 0.906. The van der Waals surface area contributed by atoms with Gasteiger partial charge in [0.2, 0.25) is 0 Å². The smallest absolute Gasteiger partial charge is 0.0597 e. The molecule has 18 heavy (non-hydrogen) atoms. The maximum Gasteiger partial charge on any atom is 0.0597 e. The van der Waals surface area contributed by atoms with Crippen molar-refractivity contribution in [3.63, 3.8) is 0 Å². The van der Waals surface area contributed by atoms with Crippen molar-refractivity contribution in [1.82, 2.24) is 4.90 Å². The number of hydrogen-bond donors (Lipinski definition) is 1. The fourth-order valence-electron chi connectivity index (χ4n) is 2.53. The van der Waals surface area contributed by atoms with Gasteiger partial charge < -0.3 is 15.5 Å². The van der Waals surface area contributed by atoms with Crippen molar-refractivity contribution in [2.75, 3.05) is 43.9 Å². The number of piperidine rings is 1. The number of nitrogens with zero attached hydrogens (tertiary/aromatic N) is 2. The minimum Gasteiger partial charge on any atom is -0.397 e. The van der Waals surface area contributed by atoms with E-state index in [1.54, 1.807) is 0 Å². The van der Waals surface area contributed by atoms with Crippen molar-refractivity contribution in [3.05, 3.63) is 24.3 Å². The van der Waals surface area contributed by atoms with Crippen LogP contribution in [0, 0.1) is 5.92 Å². The minimum atomic E-state index is 0.868. The third kappa shape index (κ3) is 3.39. The third-order valence-corrected chi connectivity index (χ3v) is 3.98. The molecular formula is C15H25N3. The predicted molar refractivity (Wildman–Crippen MR) is 79.0 cm³/mol. The highest BCUT2D eigenvalue weighted by atomic mass is 15.2. The minimum absolute atomic E-state index is 0.868. The summed E-state index contributed by atoms with van der Waals surface area (Å²) in [4.78, 5) is 4.82. The molecule has 0 bridgehead atoms. The Labute approximate surface area is 111 Å². The molecule has 1 heterocycles. The van der Waals surface area contributed by atoms with Crippen molar-refractivity contribution in [2.45, 2.75) is 19.8 Å². The Hall–Kier alpha value is -1.22. The van der Waals surface area contributed by atoms with E-state index in [1.165, 1.54) is 25.9 Å². The van der Waals surface area contributed by atoms with E-state index in [0.29, 0.717) is 0 Å². The van der Waals surface area contributed by atoms with E-state index >= 15 is 0 Å². The molecule has 1 fully saturated rings. The first-order valence-electron chi connectivity index (χ1n) is 6.95. The van der Waals surface area contributed by atoms with E-state index in [-0.39, 0.29) is 0 Å². The lowest BCUT2D eigenvalue weighted by atomic mass is 9.99. The second kappa shape index (κ2) is 6.10. The van der Waals surface area contributed by atoms with E-state index in [2.05, 4.69) is 29.8 Å². The summed E-state index contributed by atoms with van der Waals surface area (Å²) in [5.41, 5.74) is 8.00. The monoisotopic (exact) mass is 247 g/mol. The maximum absolute atomic E-state index is 5.99. The molecule has 3 heteroatoms. The van der Waals surface area contributed by atoms with Gasteiger partial charge in [-0.3, -0.25) is 0 Å². The zero-order valence-corrected chi connectivity index (χ0v) is 11.6. The number of anilines is 2. The summed E-state index contributed by atoms with van der Waals surface area (Å²) in [6, 6.07) is 8.09. The largest absolute Gasteiger partial charge is 0.397 e. The summed E-state index contributed by atoms with van der Waals surface area (Å²) < 4.78 is 0. The van der Waals surface area contributed by atoms with E-state index < -0.39 is 0 Å². The van der Waals surface area contributed by atoms with Crippen LogP contribution in [-0.4, -0.2) is 38.1 Å². The van der Waals surface area contributed by atoms with Crippen molar-refractivity contribution in [3.8, 4) is 0 Å². The average Bonchev–Trinajstić information content (AvgIpc) is 2.38. The lowest BCUT2D eigenvalue weighted by molar-refractivity contribution is 0.196. The van der Waals surface area contributed by atoms with Crippen LogP contribution >= 0.6 is 0 Å². The first-order valence-corrected chi connectivity index (χ1v) is 6.95. The molecule has 0 amide bonds. The van der Waals surface area contributed by atoms with E-state index in [9.17, 15) is 0 Å². The number of benzene rings is 1. The lowest BCUT2D eigenvalue weighted by Crippen LogP contribution is -2.38. The molecule has 1 saturated heterocycles. The Balaban J connectivity index is 1.81. The van der Waals surface area contributed by atoms with Crippen molar-refractivity contribution < 1.29 is 0 Å². The summed E-state index contributed by atoms with van der Waals surface area (Å²) in [7, 11) is 2.12. The molecule has 0 spiro atoms. The van der Waals surface area contributed by atoms with Gasteiger partial charge in [-0.05, 0) is 44.0 Å². The number of rotatable bonds is 4. The van der Waals surface area contributed by atoms with Crippen LogP contribution in [0.4, 0.5) is 11.4 Å². The fraction of sp³-hybridized carbons (Fsp3) is 0.600. The first-order chi connectivity index (χ1) is 8.66. The van der Waals surface area contributed by atoms with Crippen LogP contribution < -0.4 is 10.6 Å². The molecule has 1 aliphatic rings. The quantitative estimate of drug-likeness (QED) is 0.829. The number of likely N-dealkylation sites (N-methyl/N-ethyl adjacent to an activating group) is 1. The first kappa shape index (κ1) is 13.2. The molecule has 2 rings (SSSR count). The van der Waals surface area contributed by atoms with Crippen LogP contribution in [0.2, 0.25) is 0 Å². The van der Waals surface area contributed by atoms with Crippen LogP contribution in [-0.2, 0) is 0 Å². The van der Waals surface area contributed by atoms with Crippen molar-refractivity contribution >= 4 is 11.4 Å². The van der Waals surface area contributed by atoms with Gasteiger partial charge in [-0.1, -0.05) is 19.1 Å². The molecule has 1 aromatic carbocycles. The van der Waals surface area contributed by atoms with Gasteiger partial charge in [0.25, 0.3) is 0 Å². The molecule has 0 saturated carbocycles. The number of nitrogens with two attached hydrogens (primary N) is 1. The molecule has 0 aliphatic carbocycles. The summed E-state index contributed by atoms with van der Waals surface area (Å²) in [6.45, 7) is 7.03. The Morgan fingerprint density at radius 1 is 1.28 bits per heavy atom. The normalized spacial score (nSPS) is 17.9. The molecule has 0 aromatic heterocycles. The topological polar surface area (TPSA) is 32.5 Å². The number of nitrogen functional groups attached to an aromatic ring is 1. The van der Waals surface area contributed by atoms with Crippen molar-refractivity contribution in [1.29, 1.82) is 0 Å². The fourth-order valence-corrected chi connectivity index (χ4v) is 2.53. The molecule has 0 atom stereocenters. The average molecular weight is 247 g/mol. The van der Waals surface area contributed by atoms with Gasteiger partial charge in [-0.2, -0.15) is 0 Å². The standard InChI is InChI=1S/C15H25N3/c1-13-7-9-18(10-8-13)12-11-17(2)15-6-4-3-5-14(15)16/h3-6,13H,7-12,16H2,1-2H3. The molecule has 2 N–H and O–H groups in total. The van der Waals surface area contributed by atoms with Gasteiger partial charge in [0, 0.05) is 20.1 Å². The van der Waals surface area contributed by atoms with Crippen LogP contribution in [0.3, 0.4) is 0 Å². The maximum atomic E-state index is 5.99. The predicted octanol–water partition coefficient (Wildman–Crippen LogP) is 2.44. The summed E-state index contributed by atoms with van der Waals surface area (Å²) in [5, 5.41) is 0. The summed E-state index contributed by atoms with van der Waals surface area (Å²) >= 11 is 0. The van der Waals surface area contributed by atoms with Crippen LogP contribution in [0.1, 0.15) is 19.8 Å². The van der Waals surface area contributed by atoms with Gasteiger partial charge in [-0.15, -0.1) is 0 Å². The van der Waals surface area contributed by atoms with Gasteiger partial charge in [-0.25, -0.2) is 0 Å². The zero-order valence-electron chi connectivity index (χ0n) is 11.6.